The van der Waals surface area contributed by atoms with Gasteiger partial charge in [-0.25, -0.2) is 4.39 Å². The Balaban J connectivity index is 2.04. The van der Waals surface area contributed by atoms with Crippen LogP contribution in [0.1, 0.15) is 35.7 Å². The molecule has 6 heteroatoms. The number of para-hydroxylation sites is 1. The van der Waals surface area contributed by atoms with E-state index in [1.165, 1.54) is 35.6 Å². The molecule has 30 heavy (non-hydrogen) atoms. The van der Waals surface area contributed by atoms with E-state index in [2.05, 4.69) is 5.32 Å². The summed E-state index contributed by atoms with van der Waals surface area (Å²) in [5.41, 5.74) is 1.39. The smallest absolute Gasteiger partial charge is 0.236 e. The summed E-state index contributed by atoms with van der Waals surface area (Å²) in [5, 5.41) is 6.33. The van der Waals surface area contributed by atoms with Crippen LogP contribution in [0.5, 0.6) is 0 Å². The third kappa shape index (κ3) is 4.89. The predicted molar refractivity (Wildman–Crippen MR) is 116 cm³/mol. The van der Waals surface area contributed by atoms with E-state index in [0.29, 0.717) is 11.3 Å². The van der Waals surface area contributed by atoms with Crippen molar-refractivity contribution >= 4 is 34.5 Å². The van der Waals surface area contributed by atoms with Crippen LogP contribution in [0.4, 0.5) is 10.1 Å². The number of amides is 1. The van der Waals surface area contributed by atoms with Crippen molar-refractivity contribution in [3.05, 3.63) is 88.4 Å². The fraction of sp³-hybridized carbons (Fsp3) is 0.208. The third-order valence-electron chi connectivity index (χ3n) is 4.85. The van der Waals surface area contributed by atoms with Gasteiger partial charge in [0.1, 0.15) is 17.5 Å². The molecule has 2 atom stereocenters. The molecule has 2 unspecified atom stereocenters. The fourth-order valence-corrected chi connectivity index (χ4v) is 3.98. The Morgan fingerprint density at radius 2 is 1.60 bits per heavy atom. The highest BCUT2D eigenvalue weighted by molar-refractivity contribution is 7.08. The number of hydrogen-bond acceptors (Lipinski definition) is 4. The van der Waals surface area contributed by atoms with Gasteiger partial charge in [-0.1, -0.05) is 32.0 Å². The molecule has 0 fully saturated rings. The first kappa shape index (κ1) is 21.6. The van der Waals surface area contributed by atoms with Crippen LogP contribution in [-0.4, -0.2) is 17.5 Å². The van der Waals surface area contributed by atoms with Crippen molar-refractivity contribution in [1.82, 2.24) is 0 Å². The molecule has 0 radical (unpaired) electrons. The Kier molecular flexibility index (Phi) is 6.90. The van der Waals surface area contributed by atoms with Gasteiger partial charge >= 0.3 is 0 Å². The van der Waals surface area contributed by atoms with Crippen LogP contribution in [0.15, 0.2) is 71.4 Å². The molecule has 1 N–H and O–H groups in total. The van der Waals surface area contributed by atoms with Gasteiger partial charge in [0, 0.05) is 17.2 Å². The van der Waals surface area contributed by atoms with Gasteiger partial charge in [0.25, 0.3) is 0 Å². The first-order valence-corrected chi connectivity index (χ1v) is 10.5. The van der Waals surface area contributed by atoms with Gasteiger partial charge in [-0.2, -0.15) is 11.3 Å². The number of Topliss-reactive ketones (excluding diaryl/α,β-unsaturated/α-hetero) is 2. The van der Waals surface area contributed by atoms with E-state index in [9.17, 15) is 18.8 Å². The van der Waals surface area contributed by atoms with Gasteiger partial charge in [0.15, 0.2) is 5.78 Å². The van der Waals surface area contributed by atoms with E-state index >= 15 is 0 Å². The Bertz CT molecular complexity index is 1010. The van der Waals surface area contributed by atoms with Crippen molar-refractivity contribution in [2.24, 2.45) is 11.8 Å². The number of carbonyl (C=O) groups excluding carboxylic acids is 3. The summed E-state index contributed by atoms with van der Waals surface area (Å²) in [5.74, 6) is -4.37. The second-order valence-corrected chi connectivity index (χ2v) is 8.08. The van der Waals surface area contributed by atoms with Crippen molar-refractivity contribution in [1.29, 1.82) is 0 Å². The zero-order valence-electron chi connectivity index (χ0n) is 16.7. The number of ketones is 2. The number of halogens is 1. The van der Waals surface area contributed by atoms with Gasteiger partial charge in [-0.05, 0) is 58.8 Å². The van der Waals surface area contributed by atoms with Crippen LogP contribution >= 0.6 is 11.3 Å². The first-order chi connectivity index (χ1) is 14.4. The second kappa shape index (κ2) is 9.59. The Morgan fingerprint density at radius 3 is 2.17 bits per heavy atom. The van der Waals surface area contributed by atoms with Crippen LogP contribution in [0.3, 0.4) is 0 Å². The van der Waals surface area contributed by atoms with Crippen LogP contribution in [0.25, 0.3) is 0 Å². The highest BCUT2D eigenvalue weighted by Crippen LogP contribution is 2.33. The van der Waals surface area contributed by atoms with Gasteiger partial charge in [0.05, 0.1) is 5.92 Å². The maximum absolute atomic E-state index is 13.4. The van der Waals surface area contributed by atoms with Crippen molar-refractivity contribution in [2.45, 2.75) is 19.8 Å². The normalized spacial score (nSPS) is 12.9. The maximum atomic E-state index is 13.4. The minimum Gasteiger partial charge on any atom is -0.325 e. The summed E-state index contributed by atoms with van der Waals surface area (Å²) in [6.07, 6.45) is 0. The van der Waals surface area contributed by atoms with Crippen LogP contribution in [0, 0.1) is 17.7 Å². The molecule has 1 heterocycles. The highest BCUT2D eigenvalue weighted by Gasteiger charge is 2.41. The Morgan fingerprint density at radius 1 is 0.933 bits per heavy atom. The molecule has 4 nitrogen and oxygen atoms in total. The quantitative estimate of drug-likeness (QED) is 0.393. The highest BCUT2D eigenvalue weighted by atomic mass is 32.1. The summed E-state index contributed by atoms with van der Waals surface area (Å²) < 4.78 is 13.4. The molecule has 0 saturated heterocycles. The van der Waals surface area contributed by atoms with Crippen molar-refractivity contribution in [2.75, 3.05) is 5.32 Å². The van der Waals surface area contributed by atoms with Crippen molar-refractivity contribution in [3.8, 4) is 0 Å². The molecule has 3 rings (SSSR count). The molecule has 1 aromatic heterocycles. The van der Waals surface area contributed by atoms with Crippen LogP contribution < -0.4 is 5.32 Å². The minimum atomic E-state index is -1.21. The number of hydrogen-bond donors (Lipinski definition) is 1. The molecule has 1 amide bonds. The monoisotopic (exact) mass is 423 g/mol. The zero-order valence-corrected chi connectivity index (χ0v) is 17.5. The second-order valence-electron chi connectivity index (χ2n) is 7.30. The number of anilines is 1. The van der Waals surface area contributed by atoms with Gasteiger partial charge in [0.2, 0.25) is 5.91 Å². The fourth-order valence-electron chi connectivity index (χ4n) is 3.29. The molecule has 154 valence electrons. The van der Waals surface area contributed by atoms with Gasteiger partial charge < -0.3 is 5.32 Å². The third-order valence-corrected chi connectivity index (χ3v) is 5.55. The number of thiophene rings is 1. The molecule has 3 aromatic rings. The summed E-state index contributed by atoms with van der Waals surface area (Å²) in [7, 11) is 0. The van der Waals surface area contributed by atoms with Crippen molar-refractivity contribution < 1.29 is 18.8 Å². The molecule has 0 aliphatic rings. The molecule has 0 aliphatic carbocycles. The first-order valence-electron chi connectivity index (χ1n) is 9.60. The Labute approximate surface area is 178 Å². The number of rotatable bonds is 8. The largest absolute Gasteiger partial charge is 0.325 e. The lowest BCUT2D eigenvalue weighted by atomic mass is 9.76. The molecular formula is C24H22FNO3S. The molecule has 0 aliphatic heterocycles. The summed E-state index contributed by atoms with van der Waals surface area (Å²) >= 11 is 1.38. The molecule has 2 aromatic carbocycles. The van der Waals surface area contributed by atoms with E-state index < -0.39 is 35.3 Å². The average Bonchev–Trinajstić information content (AvgIpc) is 3.26. The Hall–Kier alpha value is -3.12. The maximum Gasteiger partial charge on any atom is 0.236 e. The van der Waals surface area contributed by atoms with Crippen LogP contribution in [-0.2, 0) is 9.59 Å². The number of nitrogens with one attached hydrogen (secondary N) is 1. The van der Waals surface area contributed by atoms with Gasteiger partial charge in [-0.15, -0.1) is 0 Å². The number of benzene rings is 2. The minimum absolute atomic E-state index is 0.252. The molecular weight excluding hydrogens is 401 g/mol. The lowest BCUT2D eigenvalue weighted by Crippen LogP contribution is -2.39. The summed E-state index contributed by atoms with van der Waals surface area (Å²) in [4.78, 5) is 39.8. The van der Waals surface area contributed by atoms with E-state index in [1.54, 1.807) is 54.9 Å². The van der Waals surface area contributed by atoms with E-state index in [1.807, 2.05) is 6.07 Å². The molecule has 0 bridgehead atoms. The summed E-state index contributed by atoms with van der Waals surface area (Å²) in [6, 6.07) is 15.7. The van der Waals surface area contributed by atoms with E-state index in [0.717, 1.165) is 0 Å². The topological polar surface area (TPSA) is 63.2 Å². The lowest BCUT2D eigenvalue weighted by Gasteiger charge is -2.25. The van der Waals surface area contributed by atoms with Gasteiger partial charge in [-0.3, -0.25) is 14.4 Å². The zero-order chi connectivity index (χ0) is 21.7. The lowest BCUT2D eigenvalue weighted by molar-refractivity contribution is -0.133. The van der Waals surface area contributed by atoms with Crippen LogP contribution in [0.2, 0.25) is 0 Å². The number of carbonyl (C=O) groups is 3. The SMILES string of the molecule is CC(C)C(=O)C(C(=O)Nc1ccccc1)C(C(=O)c1ccc(F)cc1)c1ccsc1. The summed E-state index contributed by atoms with van der Waals surface area (Å²) in [6.45, 7) is 3.41. The van der Waals surface area contributed by atoms with E-state index in [4.69, 9.17) is 0 Å². The van der Waals surface area contributed by atoms with E-state index in [-0.39, 0.29) is 11.3 Å². The standard InChI is InChI=1S/C24H22FNO3S/c1-15(2)22(27)21(24(29)26-19-6-4-3-5-7-19)20(17-12-13-30-14-17)23(28)16-8-10-18(25)11-9-16/h3-15,20-21H,1-2H3,(H,26,29). The van der Waals surface area contributed by atoms with Crippen molar-refractivity contribution in [3.63, 3.8) is 0 Å². The molecule has 0 spiro atoms. The predicted octanol–water partition coefficient (Wildman–Crippen LogP) is 5.33. The molecule has 0 saturated carbocycles. The average molecular weight is 424 g/mol.